The molecule has 3 heterocycles. The quantitative estimate of drug-likeness (QED) is 0.279. The Morgan fingerprint density at radius 3 is 2.59 bits per heavy atom. The Morgan fingerprint density at radius 2 is 1.82 bits per heavy atom. The van der Waals surface area contributed by atoms with Crippen molar-refractivity contribution in [3.8, 4) is 21.9 Å². The largest absolute Gasteiger partial charge is 0.451 e. The number of halogens is 1. The van der Waals surface area contributed by atoms with Gasteiger partial charge in [0.2, 0.25) is 4.96 Å². The van der Waals surface area contributed by atoms with Gasteiger partial charge in [0.15, 0.2) is 16.7 Å². The first-order valence-corrected chi connectivity index (χ1v) is 12.2. The minimum absolute atomic E-state index is 0.167. The molecule has 2 aromatic carbocycles. The van der Waals surface area contributed by atoms with Gasteiger partial charge in [0, 0.05) is 21.3 Å². The van der Waals surface area contributed by atoms with Crippen LogP contribution < -0.4 is 10.6 Å². The number of amides is 1. The van der Waals surface area contributed by atoms with Crippen LogP contribution >= 0.6 is 39.5 Å². The van der Waals surface area contributed by atoms with Gasteiger partial charge < -0.3 is 9.73 Å². The van der Waals surface area contributed by atoms with Crippen molar-refractivity contribution in [2.24, 2.45) is 0 Å². The Labute approximate surface area is 212 Å². The molecule has 0 radical (unpaired) electrons. The average molecular weight is 553 g/mol. The lowest BCUT2D eigenvalue weighted by Gasteiger charge is -2.12. The van der Waals surface area contributed by atoms with Gasteiger partial charge in [-0.3, -0.25) is 10.1 Å². The Balaban J connectivity index is 1.29. The fraction of sp³-hybridized carbons (Fsp3) is 0.0870. The number of carbonyl (C=O) groups excluding carboxylic acids is 1. The molecule has 0 unspecified atom stereocenters. The number of anilines is 1. The second-order valence-corrected chi connectivity index (χ2v) is 9.74. The molecule has 5 aromatic rings. The first kappa shape index (κ1) is 22.4. The number of nitrogens with zero attached hydrogens (tertiary/aromatic N) is 4. The van der Waals surface area contributed by atoms with Crippen LogP contribution in [-0.2, 0) is 0 Å². The maximum Gasteiger partial charge on any atom is 0.293 e. The van der Waals surface area contributed by atoms with Crippen LogP contribution in [-0.4, -0.2) is 30.8 Å². The number of hydrogen-bond donors (Lipinski definition) is 2. The van der Waals surface area contributed by atoms with Gasteiger partial charge in [-0.1, -0.05) is 51.5 Å². The molecular weight excluding hydrogens is 536 g/mol. The van der Waals surface area contributed by atoms with E-state index >= 15 is 0 Å². The Morgan fingerprint density at radius 1 is 1.06 bits per heavy atom. The van der Waals surface area contributed by atoms with E-state index < -0.39 is 5.91 Å². The van der Waals surface area contributed by atoms with E-state index in [4.69, 9.17) is 16.6 Å². The molecular formula is C23H17BrN6O2S2. The second-order valence-electron chi connectivity index (χ2n) is 7.46. The highest BCUT2D eigenvalue weighted by atomic mass is 79.9. The van der Waals surface area contributed by atoms with E-state index in [2.05, 4.69) is 41.9 Å². The van der Waals surface area contributed by atoms with Crippen molar-refractivity contribution < 1.29 is 9.21 Å². The Bertz CT molecular complexity index is 1540. The van der Waals surface area contributed by atoms with Gasteiger partial charge in [0.1, 0.15) is 10.8 Å². The summed E-state index contributed by atoms with van der Waals surface area (Å²) in [5.74, 6) is 1.06. The number of nitrogens with one attached hydrogen (secondary N) is 2. The van der Waals surface area contributed by atoms with Gasteiger partial charge in [-0.2, -0.15) is 9.61 Å². The van der Waals surface area contributed by atoms with E-state index in [1.54, 1.807) is 16.6 Å². The van der Waals surface area contributed by atoms with Crippen LogP contribution in [0, 0.1) is 13.8 Å². The van der Waals surface area contributed by atoms with E-state index in [0.717, 1.165) is 42.6 Å². The number of rotatable bonds is 4. The molecule has 2 N–H and O–H groups in total. The van der Waals surface area contributed by atoms with Gasteiger partial charge in [-0.15, -0.1) is 10.2 Å². The minimum Gasteiger partial charge on any atom is -0.451 e. The minimum atomic E-state index is -0.432. The van der Waals surface area contributed by atoms with Crippen molar-refractivity contribution in [2.45, 2.75) is 13.8 Å². The molecule has 1 amide bonds. The van der Waals surface area contributed by atoms with E-state index in [9.17, 15) is 4.79 Å². The van der Waals surface area contributed by atoms with Crippen molar-refractivity contribution in [3.05, 3.63) is 76.2 Å². The van der Waals surface area contributed by atoms with Gasteiger partial charge in [-0.05, 0) is 62.0 Å². The fourth-order valence-corrected chi connectivity index (χ4v) is 4.62. The molecule has 8 nitrogen and oxygen atoms in total. The first-order valence-electron chi connectivity index (χ1n) is 10.2. The predicted octanol–water partition coefficient (Wildman–Crippen LogP) is 5.62. The molecule has 0 bridgehead atoms. The lowest BCUT2D eigenvalue weighted by atomic mass is 10.1. The highest BCUT2D eigenvalue weighted by Gasteiger charge is 2.16. The molecule has 5 rings (SSSR count). The normalized spacial score (nSPS) is 11.0. The van der Waals surface area contributed by atoms with Crippen LogP contribution in [0.25, 0.3) is 26.9 Å². The lowest BCUT2D eigenvalue weighted by molar-refractivity contribution is 0.0951. The lowest BCUT2D eigenvalue weighted by Crippen LogP contribution is -2.34. The SMILES string of the molecule is Cc1ccc(-c2nn3c(C)nnc3s2)cc1NC(=S)NC(=O)c1ccc(-c2ccc(Br)cc2)o1. The summed E-state index contributed by atoms with van der Waals surface area (Å²) in [5.41, 5.74) is 3.51. The summed E-state index contributed by atoms with van der Waals surface area (Å²) in [6.07, 6.45) is 0. The highest BCUT2D eigenvalue weighted by Crippen LogP contribution is 2.29. The molecule has 170 valence electrons. The summed E-state index contributed by atoms with van der Waals surface area (Å²) in [7, 11) is 0. The third-order valence-corrected chi connectivity index (χ3v) is 6.75. The van der Waals surface area contributed by atoms with E-state index in [0.29, 0.717) is 5.76 Å². The second kappa shape index (κ2) is 9.09. The first-order chi connectivity index (χ1) is 16.4. The van der Waals surface area contributed by atoms with E-state index in [-0.39, 0.29) is 10.9 Å². The van der Waals surface area contributed by atoms with Gasteiger partial charge >= 0.3 is 0 Å². The van der Waals surface area contributed by atoms with E-state index in [1.165, 1.54) is 11.3 Å². The number of hydrogen-bond acceptors (Lipinski definition) is 7. The molecule has 0 atom stereocenters. The Hall–Kier alpha value is -3.41. The average Bonchev–Trinajstić information content (AvgIpc) is 3.54. The molecule has 0 aliphatic heterocycles. The molecule has 0 aliphatic carbocycles. The van der Waals surface area contributed by atoms with Gasteiger partial charge in [-0.25, -0.2) is 0 Å². The van der Waals surface area contributed by atoms with Crippen molar-refractivity contribution in [1.29, 1.82) is 0 Å². The van der Waals surface area contributed by atoms with Crippen LogP contribution in [0.4, 0.5) is 5.69 Å². The zero-order chi connectivity index (χ0) is 23.8. The van der Waals surface area contributed by atoms with Crippen molar-refractivity contribution in [1.82, 2.24) is 25.1 Å². The van der Waals surface area contributed by atoms with Crippen molar-refractivity contribution in [2.75, 3.05) is 5.32 Å². The Kier molecular flexibility index (Phi) is 5.98. The van der Waals surface area contributed by atoms with Gasteiger partial charge in [0.25, 0.3) is 5.91 Å². The smallest absolute Gasteiger partial charge is 0.293 e. The molecule has 0 saturated heterocycles. The zero-order valence-corrected chi connectivity index (χ0v) is 21.2. The number of aryl methyl sites for hydroxylation is 2. The molecule has 0 aliphatic rings. The van der Waals surface area contributed by atoms with Crippen molar-refractivity contribution in [3.63, 3.8) is 0 Å². The van der Waals surface area contributed by atoms with Crippen LogP contribution in [0.5, 0.6) is 0 Å². The third-order valence-electron chi connectivity index (χ3n) is 5.07. The summed E-state index contributed by atoms with van der Waals surface area (Å²) < 4.78 is 8.40. The summed E-state index contributed by atoms with van der Waals surface area (Å²) >= 11 is 10.2. The standard InChI is InChI=1S/C23H17BrN6O2S2/c1-12-3-4-15(21-29-30-13(2)27-28-23(30)34-21)11-17(12)25-22(33)26-20(31)19-10-9-18(32-19)14-5-7-16(24)8-6-14/h3-11H,1-2H3,(H2,25,26,31,33). The van der Waals surface area contributed by atoms with E-state index in [1.807, 2.05) is 56.3 Å². The summed E-state index contributed by atoms with van der Waals surface area (Å²) in [6.45, 7) is 3.81. The number of fused-ring (bicyclic) bond motifs is 1. The number of thiocarbonyl (C=S) groups is 1. The highest BCUT2D eigenvalue weighted by molar-refractivity contribution is 9.10. The van der Waals surface area contributed by atoms with Crippen molar-refractivity contribution >= 4 is 61.2 Å². The van der Waals surface area contributed by atoms with Crippen LogP contribution in [0.3, 0.4) is 0 Å². The monoisotopic (exact) mass is 552 g/mol. The van der Waals surface area contributed by atoms with Gasteiger partial charge in [0.05, 0.1) is 0 Å². The zero-order valence-electron chi connectivity index (χ0n) is 18.0. The molecule has 11 heteroatoms. The number of carbonyl (C=O) groups is 1. The maximum atomic E-state index is 12.7. The summed E-state index contributed by atoms with van der Waals surface area (Å²) in [5, 5.41) is 19.5. The number of benzene rings is 2. The number of aromatic nitrogens is 4. The number of furan rings is 1. The molecule has 0 fully saturated rings. The predicted molar refractivity (Wildman–Crippen MR) is 139 cm³/mol. The third kappa shape index (κ3) is 4.49. The molecule has 0 saturated carbocycles. The van der Waals surface area contributed by atoms with Crippen LogP contribution in [0.2, 0.25) is 0 Å². The maximum absolute atomic E-state index is 12.7. The van der Waals surface area contributed by atoms with Crippen LogP contribution in [0.1, 0.15) is 21.9 Å². The molecule has 34 heavy (non-hydrogen) atoms. The molecule has 3 aromatic heterocycles. The van der Waals surface area contributed by atoms with Crippen LogP contribution in [0.15, 0.2) is 63.5 Å². The summed E-state index contributed by atoms with van der Waals surface area (Å²) in [4.78, 5) is 13.4. The topological polar surface area (TPSA) is 97.4 Å². The summed E-state index contributed by atoms with van der Waals surface area (Å²) in [6, 6.07) is 16.9. The fourth-order valence-electron chi connectivity index (χ4n) is 3.27. The molecule has 0 spiro atoms.